The second kappa shape index (κ2) is 5.50. The highest BCUT2D eigenvalue weighted by Gasteiger charge is 2.23. The molecule has 5 heteroatoms. The summed E-state index contributed by atoms with van der Waals surface area (Å²) in [5, 5.41) is 4.44. The van der Waals surface area contributed by atoms with Gasteiger partial charge < -0.3 is 5.32 Å². The SMILES string of the molecule is CNc1ccc2c(c1)-c1sc(C(=O)N(C)OC)cc1CC2. The normalized spacial score (nSPS) is 12.5. The second-order valence-corrected chi connectivity index (χ2v) is 6.12. The van der Waals surface area contributed by atoms with Crippen LogP contribution in [0, 0.1) is 0 Å². The van der Waals surface area contributed by atoms with E-state index in [-0.39, 0.29) is 5.91 Å². The number of hydroxylamine groups is 2. The van der Waals surface area contributed by atoms with Gasteiger partial charge >= 0.3 is 0 Å². The van der Waals surface area contributed by atoms with Gasteiger partial charge in [-0.15, -0.1) is 11.3 Å². The van der Waals surface area contributed by atoms with Gasteiger partial charge in [0.15, 0.2) is 0 Å². The van der Waals surface area contributed by atoms with E-state index >= 15 is 0 Å². The average Bonchev–Trinajstić information content (AvgIpc) is 2.97. The number of thiophene rings is 1. The molecule has 21 heavy (non-hydrogen) atoms. The maximum absolute atomic E-state index is 12.2. The second-order valence-electron chi connectivity index (χ2n) is 5.07. The van der Waals surface area contributed by atoms with Crippen LogP contribution in [0.2, 0.25) is 0 Å². The van der Waals surface area contributed by atoms with E-state index in [2.05, 4.69) is 23.5 Å². The Kier molecular flexibility index (Phi) is 3.69. The van der Waals surface area contributed by atoms with Gasteiger partial charge in [0, 0.05) is 24.7 Å². The first-order chi connectivity index (χ1) is 10.1. The number of aryl methyl sites for hydroxylation is 2. The third-order valence-corrected chi connectivity index (χ3v) is 5.09. The lowest BCUT2D eigenvalue weighted by atomic mass is 9.91. The van der Waals surface area contributed by atoms with Gasteiger partial charge in [-0.25, -0.2) is 5.06 Å². The predicted molar refractivity (Wildman–Crippen MR) is 85.8 cm³/mol. The maximum Gasteiger partial charge on any atom is 0.287 e. The lowest BCUT2D eigenvalue weighted by molar-refractivity contribution is -0.0753. The molecule has 0 unspecified atom stereocenters. The zero-order valence-corrected chi connectivity index (χ0v) is 13.2. The minimum absolute atomic E-state index is 0.0942. The Hall–Kier alpha value is -1.85. The number of fused-ring (bicyclic) bond motifs is 3. The Balaban J connectivity index is 2.04. The number of nitrogens with zero attached hydrogens (tertiary/aromatic N) is 1. The van der Waals surface area contributed by atoms with Crippen LogP contribution >= 0.6 is 11.3 Å². The smallest absolute Gasteiger partial charge is 0.287 e. The highest BCUT2D eigenvalue weighted by atomic mass is 32.1. The Morgan fingerprint density at radius 1 is 1.29 bits per heavy atom. The number of rotatable bonds is 3. The molecular weight excluding hydrogens is 284 g/mol. The summed E-state index contributed by atoms with van der Waals surface area (Å²) in [6, 6.07) is 8.44. The van der Waals surface area contributed by atoms with E-state index in [9.17, 15) is 4.79 Å². The Labute approximate surface area is 128 Å². The van der Waals surface area contributed by atoms with E-state index in [0.29, 0.717) is 0 Å². The first-order valence-electron chi connectivity index (χ1n) is 6.90. The molecule has 0 fully saturated rings. The summed E-state index contributed by atoms with van der Waals surface area (Å²) in [6.45, 7) is 0. The van der Waals surface area contributed by atoms with E-state index in [1.165, 1.54) is 33.7 Å². The Morgan fingerprint density at radius 3 is 2.76 bits per heavy atom. The van der Waals surface area contributed by atoms with Gasteiger partial charge in [-0.1, -0.05) is 6.07 Å². The summed E-state index contributed by atoms with van der Waals surface area (Å²) in [6.07, 6.45) is 2.01. The fourth-order valence-corrected chi connectivity index (χ4v) is 3.85. The van der Waals surface area contributed by atoms with Gasteiger partial charge in [0.25, 0.3) is 5.91 Å². The van der Waals surface area contributed by atoms with E-state index < -0.39 is 0 Å². The standard InChI is InChI=1S/C16H18N2O2S/c1-17-12-7-6-10-4-5-11-8-14(16(19)18(2)20-3)21-15(11)13(10)9-12/h6-9,17H,4-5H2,1-3H3. The monoisotopic (exact) mass is 302 g/mol. The zero-order valence-electron chi connectivity index (χ0n) is 12.4. The number of hydrogen-bond acceptors (Lipinski definition) is 4. The van der Waals surface area contributed by atoms with E-state index in [1.807, 2.05) is 13.1 Å². The number of carbonyl (C=O) groups is 1. The van der Waals surface area contributed by atoms with Crippen molar-refractivity contribution in [2.45, 2.75) is 12.8 Å². The highest BCUT2D eigenvalue weighted by molar-refractivity contribution is 7.17. The van der Waals surface area contributed by atoms with Crippen molar-refractivity contribution in [3.63, 3.8) is 0 Å². The fourth-order valence-electron chi connectivity index (χ4n) is 2.62. The van der Waals surface area contributed by atoms with Crippen LogP contribution in [0.1, 0.15) is 20.8 Å². The molecule has 110 valence electrons. The molecule has 1 aliphatic rings. The molecule has 0 saturated carbocycles. The van der Waals surface area contributed by atoms with Crippen LogP contribution in [0.3, 0.4) is 0 Å². The van der Waals surface area contributed by atoms with Crippen LogP contribution in [0.5, 0.6) is 0 Å². The van der Waals surface area contributed by atoms with Gasteiger partial charge in [-0.3, -0.25) is 9.63 Å². The van der Waals surface area contributed by atoms with Crippen molar-refractivity contribution in [3.8, 4) is 10.4 Å². The van der Waals surface area contributed by atoms with Gasteiger partial charge in [-0.05, 0) is 47.7 Å². The quantitative estimate of drug-likeness (QED) is 0.885. The number of amides is 1. The van der Waals surface area contributed by atoms with Crippen LogP contribution in [0.15, 0.2) is 24.3 Å². The lowest BCUT2D eigenvalue weighted by Crippen LogP contribution is -2.24. The molecule has 1 aromatic heterocycles. The number of carbonyl (C=O) groups excluding carboxylic acids is 1. The van der Waals surface area contributed by atoms with Crippen LogP contribution in [-0.4, -0.2) is 32.2 Å². The minimum Gasteiger partial charge on any atom is -0.388 e. The summed E-state index contributed by atoms with van der Waals surface area (Å²) < 4.78 is 0. The third kappa shape index (κ3) is 2.43. The van der Waals surface area contributed by atoms with Crippen LogP contribution in [0.25, 0.3) is 10.4 Å². The topological polar surface area (TPSA) is 41.6 Å². The Morgan fingerprint density at radius 2 is 2.05 bits per heavy atom. The van der Waals surface area contributed by atoms with Crippen molar-refractivity contribution in [1.29, 1.82) is 0 Å². The van der Waals surface area contributed by atoms with Gasteiger partial charge in [0.1, 0.15) is 0 Å². The van der Waals surface area contributed by atoms with Crippen LogP contribution in [-0.2, 0) is 17.7 Å². The van der Waals surface area contributed by atoms with E-state index in [1.54, 1.807) is 18.4 Å². The van der Waals surface area contributed by atoms with Crippen LogP contribution in [0.4, 0.5) is 5.69 Å². The lowest BCUT2D eigenvalue weighted by Gasteiger charge is -2.17. The molecule has 3 rings (SSSR count). The van der Waals surface area contributed by atoms with Crippen molar-refractivity contribution in [2.75, 3.05) is 26.5 Å². The minimum atomic E-state index is -0.0942. The number of anilines is 1. The molecule has 0 atom stereocenters. The van der Waals surface area contributed by atoms with Gasteiger partial charge in [0.2, 0.25) is 0 Å². The molecule has 0 spiro atoms. The molecule has 1 amide bonds. The number of benzene rings is 1. The maximum atomic E-state index is 12.2. The summed E-state index contributed by atoms with van der Waals surface area (Å²) in [4.78, 5) is 19.2. The summed E-state index contributed by atoms with van der Waals surface area (Å²) in [5.74, 6) is -0.0942. The highest BCUT2D eigenvalue weighted by Crippen LogP contribution is 2.41. The summed E-state index contributed by atoms with van der Waals surface area (Å²) in [5.41, 5.74) is 4.94. The Bertz CT molecular complexity index is 694. The van der Waals surface area contributed by atoms with Crippen LogP contribution < -0.4 is 5.32 Å². The van der Waals surface area contributed by atoms with Gasteiger partial charge in [-0.2, -0.15) is 0 Å². The van der Waals surface area contributed by atoms with Crippen molar-refractivity contribution in [3.05, 3.63) is 40.3 Å². The molecule has 2 aromatic rings. The third-order valence-electron chi connectivity index (χ3n) is 3.89. The van der Waals surface area contributed by atoms with Gasteiger partial charge in [0.05, 0.1) is 12.0 Å². The first-order valence-corrected chi connectivity index (χ1v) is 7.71. The molecule has 0 bridgehead atoms. The molecule has 4 nitrogen and oxygen atoms in total. The fraction of sp³-hybridized carbons (Fsp3) is 0.312. The van der Waals surface area contributed by atoms with Crippen molar-refractivity contribution >= 4 is 22.9 Å². The van der Waals surface area contributed by atoms with E-state index in [4.69, 9.17) is 4.84 Å². The molecule has 0 aliphatic heterocycles. The molecule has 1 heterocycles. The zero-order chi connectivity index (χ0) is 15.0. The number of hydrogen-bond donors (Lipinski definition) is 1. The summed E-state index contributed by atoms with van der Waals surface area (Å²) in [7, 11) is 5.05. The predicted octanol–water partition coefficient (Wildman–Crippen LogP) is 3.19. The summed E-state index contributed by atoms with van der Waals surface area (Å²) >= 11 is 1.55. The average molecular weight is 302 g/mol. The molecule has 1 aromatic carbocycles. The first kappa shape index (κ1) is 14.1. The molecule has 0 saturated heterocycles. The van der Waals surface area contributed by atoms with Crippen molar-refractivity contribution in [2.24, 2.45) is 0 Å². The van der Waals surface area contributed by atoms with Crippen molar-refractivity contribution in [1.82, 2.24) is 5.06 Å². The number of nitrogens with one attached hydrogen (secondary N) is 1. The molecular formula is C16H18N2O2S. The van der Waals surface area contributed by atoms with E-state index in [0.717, 1.165) is 23.4 Å². The molecule has 1 aliphatic carbocycles. The molecule has 1 N–H and O–H groups in total. The molecule has 0 radical (unpaired) electrons. The largest absolute Gasteiger partial charge is 0.388 e. The van der Waals surface area contributed by atoms with Crippen molar-refractivity contribution < 1.29 is 9.63 Å².